The van der Waals surface area contributed by atoms with E-state index < -0.39 is 0 Å². The Morgan fingerprint density at radius 1 is 1.50 bits per heavy atom. The zero-order valence-corrected chi connectivity index (χ0v) is 9.50. The van der Waals surface area contributed by atoms with Gasteiger partial charge in [-0.15, -0.1) is 0 Å². The highest BCUT2D eigenvalue weighted by Crippen LogP contribution is 2.16. The highest BCUT2D eigenvalue weighted by molar-refractivity contribution is 4.76. The van der Waals surface area contributed by atoms with Crippen LogP contribution < -0.4 is 5.32 Å². The number of hydrogen-bond donors (Lipinski definition) is 2. The van der Waals surface area contributed by atoms with E-state index in [0.29, 0.717) is 6.04 Å². The lowest BCUT2D eigenvalue weighted by atomic mass is 10.0. The first-order chi connectivity index (χ1) is 6.74. The van der Waals surface area contributed by atoms with Crippen molar-refractivity contribution in [3.05, 3.63) is 0 Å². The van der Waals surface area contributed by atoms with Gasteiger partial charge in [-0.25, -0.2) is 0 Å². The second-order valence-electron chi connectivity index (χ2n) is 4.30. The van der Waals surface area contributed by atoms with Crippen LogP contribution in [0.5, 0.6) is 0 Å². The first-order valence-electron chi connectivity index (χ1n) is 5.87. The standard InChI is InChI=1S/C11H24N2O/c1-3-12-8-11(14)9-13-7-5-4-6-10(13)2/h10-12,14H,3-9H2,1-2H3. The zero-order chi connectivity index (χ0) is 10.4. The van der Waals surface area contributed by atoms with Gasteiger partial charge in [-0.1, -0.05) is 13.3 Å². The summed E-state index contributed by atoms with van der Waals surface area (Å²) in [5.41, 5.74) is 0. The summed E-state index contributed by atoms with van der Waals surface area (Å²) in [6, 6.07) is 0.653. The molecule has 3 heteroatoms. The first kappa shape index (κ1) is 12.0. The monoisotopic (exact) mass is 200 g/mol. The molecule has 3 nitrogen and oxygen atoms in total. The number of likely N-dealkylation sites (N-methyl/N-ethyl adjacent to an activating group) is 1. The zero-order valence-electron chi connectivity index (χ0n) is 9.50. The Morgan fingerprint density at radius 2 is 2.29 bits per heavy atom. The maximum absolute atomic E-state index is 9.75. The Hall–Kier alpha value is -0.120. The Balaban J connectivity index is 2.20. The van der Waals surface area contributed by atoms with Crippen molar-refractivity contribution in [3.8, 4) is 0 Å². The van der Waals surface area contributed by atoms with Crippen LogP contribution in [0.3, 0.4) is 0 Å². The third-order valence-corrected chi connectivity index (χ3v) is 3.02. The number of piperidine rings is 1. The van der Waals surface area contributed by atoms with Gasteiger partial charge >= 0.3 is 0 Å². The summed E-state index contributed by atoms with van der Waals surface area (Å²) in [6.07, 6.45) is 3.71. The molecule has 14 heavy (non-hydrogen) atoms. The molecule has 1 fully saturated rings. The Morgan fingerprint density at radius 3 is 2.93 bits per heavy atom. The van der Waals surface area contributed by atoms with Crippen molar-refractivity contribution in [1.82, 2.24) is 10.2 Å². The fourth-order valence-electron chi connectivity index (χ4n) is 2.08. The summed E-state index contributed by atoms with van der Waals surface area (Å²) < 4.78 is 0. The molecule has 0 spiro atoms. The molecule has 0 aromatic heterocycles. The first-order valence-corrected chi connectivity index (χ1v) is 5.87. The quantitative estimate of drug-likeness (QED) is 0.690. The molecule has 0 bridgehead atoms. The predicted octanol–water partition coefficient (Wildman–Crippen LogP) is 0.831. The SMILES string of the molecule is CCNCC(O)CN1CCCCC1C. The number of likely N-dealkylation sites (tertiary alicyclic amines) is 1. The Kier molecular flexibility index (Phi) is 5.45. The van der Waals surface area contributed by atoms with Gasteiger partial charge in [-0.2, -0.15) is 0 Å². The normalized spacial score (nSPS) is 26.4. The molecule has 1 aliphatic rings. The fraction of sp³-hybridized carbons (Fsp3) is 1.00. The number of aliphatic hydroxyl groups excluding tert-OH is 1. The van der Waals surface area contributed by atoms with Crippen molar-refractivity contribution >= 4 is 0 Å². The highest BCUT2D eigenvalue weighted by atomic mass is 16.3. The molecule has 0 radical (unpaired) electrons. The van der Waals surface area contributed by atoms with Crippen molar-refractivity contribution < 1.29 is 5.11 Å². The van der Waals surface area contributed by atoms with E-state index in [0.717, 1.165) is 26.2 Å². The molecular weight excluding hydrogens is 176 g/mol. The molecular formula is C11H24N2O. The van der Waals surface area contributed by atoms with Crippen LogP contribution in [0.25, 0.3) is 0 Å². The van der Waals surface area contributed by atoms with Crippen LogP contribution in [0.1, 0.15) is 33.1 Å². The predicted molar refractivity (Wildman–Crippen MR) is 59.4 cm³/mol. The average Bonchev–Trinajstić information content (AvgIpc) is 2.18. The number of nitrogens with one attached hydrogen (secondary N) is 1. The third kappa shape index (κ3) is 3.95. The van der Waals surface area contributed by atoms with Crippen LogP contribution in [-0.2, 0) is 0 Å². The molecule has 0 saturated carbocycles. The van der Waals surface area contributed by atoms with Gasteiger partial charge in [-0.3, -0.25) is 4.90 Å². The molecule has 1 rings (SSSR count). The van der Waals surface area contributed by atoms with E-state index in [9.17, 15) is 5.11 Å². The summed E-state index contributed by atoms with van der Waals surface area (Å²) in [6.45, 7) is 7.97. The molecule has 0 aromatic rings. The number of rotatable bonds is 5. The molecule has 0 aromatic carbocycles. The minimum atomic E-state index is -0.213. The van der Waals surface area contributed by atoms with Gasteiger partial charge in [-0.05, 0) is 32.9 Å². The second kappa shape index (κ2) is 6.38. The van der Waals surface area contributed by atoms with Gasteiger partial charge in [0.2, 0.25) is 0 Å². The molecule has 0 aliphatic carbocycles. The van der Waals surface area contributed by atoms with E-state index in [1.165, 1.54) is 19.3 Å². The van der Waals surface area contributed by atoms with Crippen LogP contribution in [-0.4, -0.2) is 48.3 Å². The highest BCUT2D eigenvalue weighted by Gasteiger charge is 2.20. The third-order valence-electron chi connectivity index (χ3n) is 3.02. The molecule has 84 valence electrons. The van der Waals surface area contributed by atoms with Crippen LogP contribution in [0.15, 0.2) is 0 Å². The summed E-state index contributed by atoms with van der Waals surface area (Å²) >= 11 is 0. The Labute approximate surface area is 87.5 Å². The van der Waals surface area contributed by atoms with Crippen molar-refractivity contribution in [2.24, 2.45) is 0 Å². The number of β-amino-alcohol motifs (C(OH)–C–C–N with tert-alkyl or cyclic N) is 1. The van der Waals surface area contributed by atoms with E-state index in [1.54, 1.807) is 0 Å². The van der Waals surface area contributed by atoms with E-state index in [1.807, 2.05) is 0 Å². The van der Waals surface area contributed by atoms with E-state index in [4.69, 9.17) is 0 Å². The number of nitrogens with zero attached hydrogens (tertiary/aromatic N) is 1. The summed E-state index contributed by atoms with van der Waals surface area (Å²) in [5.74, 6) is 0. The summed E-state index contributed by atoms with van der Waals surface area (Å²) in [4.78, 5) is 2.41. The number of aliphatic hydroxyl groups is 1. The van der Waals surface area contributed by atoms with Crippen molar-refractivity contribution in [1.29, 1.82) is 0 Å². The molecule has 2 unspecified atom stereocenters. The van der Waals surface area contributed by atoms with Gasteiger partial charge in [0.15, 0.2) is 0 Å². The van der Waals surface area contributed by atoms with Gasteiger partial charge < -0.3 is 10.4 Å². The van der Waals surface area contributed by atoms with Crippen LogP contribution in [0, 0.1) is 0 Å². The smallest absolute Gasteiger partial charge is 0.0791 e. The largest absolute Gasteiger partial charge is 0.390 e. The molecule has 2 atom stereocenters. The van der Waals surface area contributed by atoms with E-state index >= 15 is 0 Å². The fourth-order valence-corrected chi connectivity index (χ4v) is 2.08. The van der Waals surface area contributed by atoms with Crippen molar-refractivity contribution in [2.45, 2.75) is 45.3 Å². The average molecular weight is 200 g/mol. The Bertz CT molecular complexity index is 152. The maximum Gasteiger partial charge on any atom is 0.0791 e. The van der Waals surface area contributed by atoms with Crippen molar-refractivity contribution in [3.63, 3.8) is 0 Å². The molecule has 0 amide bonds. The molecule has 1 aliphatic heterocycles. The minimum Gasteiger partial charge on any atom is -0.390 e. The maximum atomic E-state index is 9.75. The van der Waals surface area contributed by atoms with Crippen LogP contribution in [0.2, 0.25) is 0 Å². The number of hydrogen-bond acceptors (Lipinski definition) is 3. The minimum absolute atomic E-state index is 0.213. The van der Waals surface area contributed by atoms with E-state index in [2.05, 4.69) is 24.1 Å². The summed E-state index contributed by atoms with van der Waals surface area (Å²) in [7, 11) is 0. The molecule has 1 heterocycles. The lowest BCUT2D eigenvalue weighted by Crippen LogP contribution is -2.44. The molecule has 1 saturated heterocycles. The van der Waals surface area contributed by atoms with Gasteiger partial charge in [0, 0.05) is 19.1 Å². The topological polar surface area (TPSA) is 35.5 Å². The molecule has 2 N–H and O–H groups in total. The van der Waals surface area contributed by atoms with Gasteiger partial charge in [0.1, 0.15) is 0 Å². The van der Waals surface area contributed by atoms with Gasteiger partial charge in [0.05, 0.1) is 6.10 Å². The van der Waals surface area contributed by atoms with E-state index in [-0.39, 0.29) is 6.10 Å². The van der Waals surface area contributed by atoms with Crippen LogP contribution in [0.4, 0.5) is 0 Å². The van der Waals surface area contributed by atoms with Crippen LogP contribution >= 0.6 is 0 Å². The van der Waals surface area contributed by atoms with Crippen molar-refractivity contribution in [2.75, 3.05) is 26.2 Å². The lowest BCUT2D eigenvalue weighted by Gasteiger charge is -2.34. The van der Waals surface area contributed by atoms with Gasteiger partial charge in [0.25, 0.3) is 0 Å². The summed E-state index contributed by atoms with van der Waals surface area (Å²) in [5, 5.41) is 12.9. The lowest BCUT2D eigenvalue weighted by molar-refractivity contribution is 0.0735. The second-order valence-corrected chi connectivity index (χ2v) is 4.30.